The van der Waals surface area contributed by atoms with Crippen molar-refractivity contribution in [2.24, 2.45) is 0 Å². The smallest absolute Gasteiger partial charge is 0.358 e. The number of halogens is 1. The molecule has 4 rings (SSSR count). The van der Waals surface area contributed by atoms with Crippen molar-refractivity contribution in [3.8, 4) is 28.2 Å². The molecule has 0 saturated heterocycles. The Morgan fingerprint density at radius 2 is 1.78 bits per heavy atom. The molecule has 0 N–H and O–H groups in total. The van der Waals surface area contributed by atoms with Gasteiger partial charge in [-0.15, -0.1) is 0 Å². The molecule has 0 bridgehead atoms. The van der Waals surface area contributed by atoms with Crippen molar-refractivity contribution >= 4 is 27.4 Å². The first kappa shape index (κ1) is 21.7. The van der Waals surface area contributed by atoms with Crippen molar-refractivity contribution in [3.05, 3.63) is 83.6 Å². The van der Waals surface area contributed by atoms with E-state index in [9.17, 15) is 13.2 Å². The minimum absolute atomic E-state index is 0.120. The van der Waals surface area contributed by atoms with E-state index in [0.717, 1.165) is 5.56 Å². The van der Waals surface area contributed by atoms with Crippen molar-refractivity contribution in [3.63, 3.8) is 0 Å². The van der Waals surface area contributed by atoms with Gasteiger partial charge in [0.2, 0.25) is 0 Å². The van der Waals surface area contributed by atoms with Gasteiger partial charge in [-0.05, 0) is 42.0 Å². The highest BCUT2D eigenvalue weighted by molar-refractivity contribution is 7.90. The Balaban J connectivity index is 1.79. The summed E-state index contributed by atoms with van der Waals surface area (Å²) in [6.07, 6.45) is 2.78. The molecule has 0 radical (unpaired) electrons. The van der Waals surface area contributed by atoms with Crippen LogP contribution in [0.1, 0.15) is 10.5 Å². The summed E-state index contributed by atoms with van der Waals surface area (Å²) in [5.74, 6) is -0.121. The Labute approximate surface area is 190 Å². The van der Waals surface area contributed by atoms with Gasteiger partial charge in [-0.25, -0.2) is 22.9 Å². The van der Waals surface area contributed by atoms with E-state index in [1.807, 2.05) is 24.3 Å². The van der Waals surface area contributed by atoms with E-state index in [4.69, 9.17) is 16.3 Å². The van der Waals surface area contributed by atoms with E-state index < -0.39 is 15.8 Å². The van der Waals surface area contributed by atoms with Crippen molar-refractivity contribution < 1.29 is 17.9 Å². The quantitative estimate of drug-likeness (QED) is 0.403. The SMILES string of the molecule is COC(=O)c1cc(-c2ccccc2Cl)n(-c2ccc(-c3cccc(S(C)(=O)=O)c3)cn2)n1. The molecular formula is C23H18ClN3O4S. The van der Waals surface area contributed by atoms with Gasteiger partial charge in [-0.1, -0.05) is 41.9 Å². The molecule has 7 nitrogen and oxygen atoms in total. The topological polar surface area (TPSA) is 91.2 Å². The van der Waals surface area contributed by atoms with Gasteiger partial charge in [-0.2, -0.15) is 5.10 Å². The van der Waals surface area contributed by atoms with E-state index in [1.54, 1.807) is 48.7 Å². The van der Waals surface area contributed by atoms with Gasteiger partial charge in [0.1, 0.15) is 0 Å². The number of sulfone groups is 1. The van der Waals surface area contributed by atoms with E-state index >= 15 is 0 Å². The number of carbonyl (C=O) groups is 1. The maximum Gasteiger partial charge on any atom is 0.358 e. The molecule has 2 aromatic carbocycles. The number of nitrogens with zero attached hydrogens (tertiary/aromatic N) is 3. The predicted octanol–water partition coefficient (Wildman–Crippen LogP) is 4.44. The van der Waals surface area contributed by atoms with Gasteiger partial charge in [0.25, 0.3) is 0 Å². The maximum atomic E-state index is 12.1. The molecule has 0 aliphatic carbocycles. The molecular weight excluding hydrogens is 450 g/mol. The largest absolute Gasteiger partial charge is 0.464 e. The van der Waals surface area contributed by atoms with Crippen LogP contribution < -0.4 is 0 Å². The van der Waals surface area contributed by atoms with Gasteiger partial charge in [-0.3, -0.25) is 0 Å². The lowest BCUT2D eigenvalue weighted by Crippen LogP contribution is -2.06. The minimum Gasteiger partial charge on any atom is -0.464 e. The number of hydrogen-bond donors (Lipinski definition) is 0. The van der Waals surface area contributed by atoms with Crippen molar-refractivity contribution in [1.82, 2.24) is 14.8 Å². The number of carbonyl (C=O) groups excluding carboxylic acids is 1. The standard InChI is InChI=1S/C23H18ClN3O4S/c1-31-23(28)20-13-21(18-8-3-4-9-19(18)24)27(26-20)22-11-10-16(14-25-22)15-6-5-7-17(12-15)32(2,29)30/h3-14H,1-2H3. The van der Waals surface area contributed by atoms with Crippen LogP contribution in [0, 0.1) is 0 Å². The second-order valence-corrected chi connectivity index (χ2v) is 9.43. The summed E-state index contributed by atoms with van der Waals surface area (Å²) in [6, 6.07) is 19.0. The monoisotopic (exact) mass is 467 g/mol. The lowest BCUT2D eigenvalue weighted by molar-refractivity contribution is 0.0593. The molecule has 32 heavy (non-hydrogen) atoms. The number of benzene rings is 2. The predicted molar refractivity (Wildman–Crippen MR) is 122 cm³/mol. The zero-order chi connectivity index (χ0) is 22.9. The van der Waals surface area contributed by atoms with Crippen LogP contribution in [-0.4, -0.2) is 42.5 Å². The Bertz CT molecular complexity index is 1410. The summed E-state index contributed by atoms with van der Waals surface area (Å²) in [7, 11) is -2.04. The van der Waals surface area contributed by atoms with E-state index in [2.05, 4.69) is 10.1 Å². The molecule has 0 saturated carbocycles. The molecule has 0 fully saturated rings. The van der Waals surface area contributed by atoms with Crippen LogP contribution in [0.5, 0.6) is 0 Å². The summed E-state index contributed by atoms with van der Waals surface area (Å²) < 4.78 is 30.0. The van der Waals surface area contributed by atoms with Crippen LogP contribution in [0.2, 0.25) is 5.02 Å². The highest BCUT2D eigenvalue weighted by atomic mass is 35.5. The second kappa shape index (κ2) is 8.57. The lowest BCUT2D eigenvalue weighted by atomic mass is 10.1. The van der Waals surface area contributed by atoms with E-state index in [0.29, 0.717) is 27.7 Å². The fourth-order valence-corrected chi connectivity index (χ4v) is 4.11. The summed E-state index contributed by atoms with van der Waals surface area (Å²) >= 11 is 6.37. The Kier molecular flexibility index (Phi) is 5.82. The first-order valence-corrected chi connectivity index (χ1v) is 11.7. The number of pyridine rings is 1. The summed E-state index contributed by atoms with van der Waals surface area (Å²) in [5, 5.41) is 4.86. The molecule has 162 valence electrons. The fraction of sp³-hybridized carbons (Fsp3) is 0.0870. The third-order valence-corrected chi connectivity index (χ3v) is 6.25. The molecule has 0 amide bonds. The molecule has 4 aromatic rings. The van der Waals surface area contributed by atoms with Gasteiger partial charge in [0, 0.05) is 28.6 Å². The Hall–Kier alpha value is -3.49. The minimum atomic E-state index is -3.32. The molecule has 0 aliphatic heterocycles. The number of methoxy groups -OCH3 is 1. The maximum absolute atomic E-state index is 12.1. The molecule has 0 atom stereocenters. The molecule has 2 heterocycles. The third-order valence-electron chi connectivity index (χ3n) is 4.81. The van der Waals surface area contributed by atoms with Crippen LogP contribution >= 0.6 is 11.6 Å². The number of esters is 1. The molecule has 0 aliphatic rings. The third kappa shape index (κ3) is 4.28. The number of rotatable bonds is 5. The molecule has 0 unspecified atom stereocenters. The van der Waals surface area contributed by atoms with E-state index in [-0.39, 0.29) is 10.6 Å². The van der Waals surface area contributed by atoms with E-state index in [1.165, 1.54) is 18.0 Å². The fourth-order valence-electron chi connectivity index (χ4n) is 3.21. The van der Waals surface area contributed by atoms with Crippen molar-refractivity contribution in [2.75, 3.05) is 13.4 Å². The summed E-state index contributed by atoms with van der Waals surface area (Å²) in [5.41, 5.74) is 2.83. The summed E-state index contributed by atoms with van der Waals surface area (Å²) in [6.45, 7) is 0. The van der Waals surface area contributed by atoms with Gasteiger partial charge >= 0.3 is 5.97 Å². The molecule has 9 heteroatoms. The number of ether oxygens (including phenoxy) is 1. The van der Waals surface area contributed by atoms with Crippen LogP contribution in [0.4, 0.5) is 0 Å². The van der Waals surface area contributed by atoms with Crippen molar-refractivity contribution in [2.45, 2.75) is 4.90 Å². The van der Waals surface area contributed by atoms with Crippen molar-refractivity contribution in [1.29, 1.82) is 0 Å². The second-order valence-electron chi connectivity index (χ2n) is 7.00. The lowest BCUT2D eigenvalue weighted by Gasteiger charge is -2.09. The van der Waals surface area contributed by atoms with Gasteiger partial charge in [0.15, 0.2) is 21.3 Å². The molecule has 0 spiro atoms. The zero-order valence-electron chi connectivity index (χ0n) is 17.2. The van der Waals surface area contributed by atoms with Gasteiger partial charge in [0.05, 0.1) is 17.7 Å². The first-order valence-electron chi connectivity index (χ1n) is 9.48. The summed E-state index contributed by atoms with van der Waals surface area (Å²) in [4.78, 5) is 16.8. The van der Waals surface area contributed by atoms with Crippen LogP contribution in [-0.2, 0) is 14.6 Å². The highest BCUT2D eigenvalue weighted by Gasteiger charge is 2.19. The Morgan fingerprint density at radius 3 is 2.44 bits per heavy atom. The van der Waals surface area contributed by atoms with Crippen LogP contribution in [0.15, 0.2) is 77.8 Å². The normalized spacial score (nSPS) is 11.3. The van der Waals surface area contributed by atoms with Crippen LogP contribution in [0.3, 0.4) is 0 Å². The highest BCUT2D eigenvalue weighted by Crippen LogP contribution is 2.30. The average molecular weight is 468 g/mol. The zero-order valence-corrected chi connectivity index (χ0v) is 18.8. The number of hydrogen-bond acceptors (Lipinski definition) is 6. The average Bonchev–Trinajstić information content (AvgIpc) is 3.24. The van der Waals surface area contributed by atoms with Gasteiger partial charge < -0.3 is 4.74 Å². The first-order chi connectivity index (χ1) is 15.3. The number of aromatic nitrogens is 3. The Morgan fingerprint density at radius 1 is 1.00 bits per heavy atom. The molecule has 2 aromatic heterocycles. The van der Waals surface area contributed by atoms with Crippen LogP contribution in [0.25, 0.3) is 28.2 Å².